The average Bonchev–Trinajstić information content (AvgIpc) is 2.57. The van der Waals surface area contributed by atoms with E-state index in [1.807, 2.05) is 32.9 Å². The first-order valence-electron chi connectivity index (χ1n) is 8.98. The highest BCUT2D eigenvalue weighted by atomic mass is 16.5. The molecule has 0 bridgehead atoms. The molecule has 0 fully saturated rings. The second kappa shape index (κ2) is 11.5. The first-order valence-corrected chi connectivity index (χ1v) is 8.98. The van der Waals surface area contributed by atoms with Crippen molar-refractivity contribution in [1.29, 1.82) is 0 Å². The van der Waals surface area contributed by atoms with Gasteiger partial charge in [-0.25, -0.2) is 4.79 Å². The fourth-order valence-electron chi connectivity index (χ4n) is 2.01. The summed E-state index contributed by atoms with van der Waals surface area (Å²) in [4.78, 5) is 23.8. The van der Waals surface area contributed by atoms with Crippen molar-refractivity contribution >= 4 is 23.3 Å². The van der Waals surface area contributed by atoms with Crippen LogP contribution in [0.4, 0.5) is 16.2 Å². The third kappa shape index (κ3) is 8.54. The van der Waals surface area contributed by atoms with Crippen molar-refractivity contribution in [3.05, 3.63) is 23.8 Å². The Morgan fingerprint density at radius 1 is 1.12 bits per heavy atom. The molecule has 6 heteroatoms. The molecule has 0 unspecified atom stereocenters. The lowest BCUT2D eigenvalue weighted by Crippen LogP contribution is -2.30. The largest absolute Gasteiger partial charge is 0.381 e. The molecule has 1 aromatic rings. The van der Waals surface area contributed by atoms with Gasteiger partial charge in [-0.15, -0.1) is 0 Å². The summed E-state index contributed by atoms with van der Waals surface area (Å²) < 4.78 is 5.45. The van der Waals surface area contributed by atoms with E-state index in [0.29, 0.717) is 24.5 Å². The van der Waals surface area contributed by atoms with Gasteiger partial charge < -0.3 is 20.7 Å². The number of rotatable bonds is 10. The van der Waals surface area contributed by atoms with Crippen molar-refractivity contribution in [2.24, 2.45) is 5.92 Å². The normalized spacial score (nSPS) is 10.6. The summed E-state index contributed by atoms with van der Waals surface area (Å²) in [6.07, 6.45) is 2.97. The molecule has 0 spiro atoms. The Morgan fingerprint density at radius 2 is 1.84 bits per heavy atom. The SMILES string of the molecule is CCCCOCCCNC(=O)Nc1cc(NC(=O)C(C)C)ccc1C. The van der Waals surface area contributed by atoms with Crippen LogP contribution in [0.2, 0.25) is 0 Å². The van der Waals surface area contributed by atoms with Crippen molar-refractivity contribution in [2.45, 2.75) is 47.0 Å². The Kier molecular flexibility index (Phi) is 9.62. The van der Waals surface area contributed by atoms with Gasteiger partial charge in [0.1, 0.15) is 0 Å². The van der Waals surface area contributed by atoms with E-state index in [9.17, 15) is 9.59 Å². The van der Waals surface area contributed by atoms with Crippen molar-refractivity contribution in [3.63, 3.8) is 0 Å². The molecule has 0 aliphatic rings. The van der Waals surface area contributed by atoms with Crippen LogP contribution >= 0.6 is 0 Å². The monoisotopic (exact) mass is 349 g/mol. The number of amides is 3. The van der Waals surface area contributed by atoms with E-state index < -0.39 is 0 Å². The van der Waals surface area contributed by atoms with E-state index in [4.69, 9.17) is 4.74 Å². The van der Waals surface area contributed by atoms with E-state index in [2.05, 4.69) is 22.9 Å². The highest BCUT2D eigenvalue weighted by Gasteiger charge is 2.09. The van der Waals surface area contributed by atoms with Gasteiger partial charge in [0.25, 0.3) is 0 Å². The summed E-state index contributed by atoms with van der Waals surface area (Å²) in [5.41, 5.74) is 2.28. The molecule has 1 rings (SSSR count). The molecular weight excluding hydrogens is 318 g/mol. The minimum atomic E-state index is -0.260. The molecule has 1 aromatic carbocycles. The van der Waals surface area contributed by atoms with Gasteiger partial charge in [0.05, 0.1) is 0 Å². The highest BCUT2D eigenvalue weighted by Crippen LogP contribution is 2.20. The Morgan fingerprint density at radius 3 is 2.52 bits per heavy atom. The van der Waals surface area contributed by atoms with Gasteiger partial charge in [-0.05, 0) is 37.5 Å². The number of hydrogen-bond donors (Lipinski definition) is 3. The smallest absolute Gasteiger partial charge is 0.319 e. The molecule has 0 saturated heterocycles. The van der Waals surface area contributed by atoms with Crippen molar-refractivity contribution in [2.75, 3.05) is 30.4 Å². The van der Waals surface area contributed by atoms with Crippen LogP contribution in [0.3, 0.4) is 0 Å². The van der Waals surface area contributed by atoms with Crippen LogP contribution in [0.15, 0.2) is 18.2 Å². The lowest BCUT2D eigenvalue weighted by molar-refractivity contribution is -0.118. The van der Waals surface area contributed by atoms with E-state index in [1.165, 1.54) is 0 Å². The Labute approximate surface area is 150 Å². The number of urea groups is 1. The second-order valence-electron chi connectivity index (χ2n) is 6.37. The lowest BCUT2D eigenvalue weighted by atomic mass is 10.1. The maximum absolute atomic E-state index is 12.0. The lowest BCUT2D eigenvalue weighted by Gasteiger charge is -2.13. The first-order chi connectivity index (χ1) is 11.9. The van der Waals surface area contributed by atoms with Gasteiger partial charge in [-0.3, -0.25) is 4.79 Å². The van der Waals surface area contributed by atoms with Gasteiger partial charge >= 0.3 is 6.03 Å². The number of aryl methyl sites for hydroxylation is 1. The highest BCUT2D eigenvalue weighted by molar-refractivity contribution is 5.94. The molecule has 0 aliphatic carbocycles. The van der Waals surface area contributed by atoms with Crippen LogP contribution in [0.1, 0.15) is 45.6 Å². The third-order valence-electron chi connectivity index (χ3n) is 3.67. The van der Waals surface area contributed by atoms with Crippen LogP contribution in [0.5, 0.6) is 0 Å². The summed E-state index contributed by atoms with van der Waals surface area (Å²) in [5, 5.41) is 8.46. The van der Waals surface area contributed by atoms with Crippen molar-refractivity contribution in [1.82, 2.24) is 5.32 Å². The van der Waals surface area contributed by atoms with E-state index in [1.54, 1.807) is 6.07 Å². The van der Waals surface area contributed by atoms with Gasteiger partial charge in [-0.2, -0.15) is 0 Å². The Bertz CT molecular complexity index is 559. The molecule has 0 heterocycles. The number of ether oxygens (including phenoxy) is 1. The van der Waals surface area contributed by atoms with Crippen LogP contribution in [0.25, 0.3) is 0 Å². The predicted octanol–water partition coefficient (Wildman–Crippen LogP) is 3.92. The minimum Gasteiger partial charge on any atom is -0.381 e. The maximum Gasteiger partial charge on any atom is 0.319 e. The molecule has 0 aliphatic heterocycles. The fourth-order valence-corrected chi connectivity index (χ4v) is 2.01. The molecule has 6 nitrogen and oxygen atoms in total. The number of carbonyl (C=O) groups excluding carboxylic acids is 2. The third-order valence-corrected chi connectivity index (χ3v) is 3.67. The number of hydrogen-bond acceptors (Lipinski definition) is 3. The fraction of sp³-hybridized carbons (Fsp3) is 0.579. The van der Waals surface area contributed by atoms with Gasteiger partial charge in [0.15, 0.2) is 0 Å². The molecule has 25 heavy (non-hydrogen) atoms. The number of benzene rings is 1. The zero-order valence-electron chi connectivity index (χ0n) is 15.8. The van der Waals surface area contributed by atoms with Gasteiger partial charge in [0.2, 0.25) is 5.91 Å². The molecule has 0 radical (unpaired) electrons. The van der Waals surface area contributed by atoms with Crippen molar-refractivity contribution < 1.29 is 14.3 Å². The van der Waals surface area contributed by atoms with Crippen molar-refractivity contribution in [3.8, 4) is 0 Å². The zero-order chi connectivity index (χ0) is 18.7. The van der Waals surface area contributed by atoms with E-state index >= 15 is 0 Å². The number of anilines is 2. The van der Waals surface area contributed by atoms with Gasteiger partial charge in [0, 0.05) is 37.1 Å². The topological polar surface area (TPSA) is 79.5 Å². The molecule has 0 atom stereocenters. The first kappa shape index (κ1) is 21.0. The quantitative estimate of drug-likeness (QED) is 0.560. The van der Waals surface area contributed by atoms with Crippen LogP contribution in [-0.2, 0) is 9.53 Å². The molecule has 0 aromatic heterocycles. The number of carbonyl (C=O) groups is 2. The number of unbranched alkanes of at least 4 members (excludes halogenated alkanes) is 1. The minimum absolute atomic E-state index is 0.0534. The maximum atomic E-state index is 12.0. The molecular formula is C19H31N3O3. The van der Waals surface area contributed by atoms with Gasteiger partial charge in [-0.1, -0.05) is 33.3 Å². The zero-order valence-corrected chi connectivity index (χ0v) is 15.8. The Hall–Kier alpha value is -2.08. The summed E-state index contributed by atoms with van der Waals surface area (Å²) in [7, 11) is 0. The Balaban J connectivity index is 2.41. The molecule has 140 valence electrons. The summed E-state index contributed by atoms with van der Waals surface area (Å²) >= 11 is 0. The summed E-state index contributed by atoms with van der Waals surface area (Å²) in [6, 6.07) is 5.20. The molecule has 3 N–H and O–H groups in total. The van der Waals surface area contributed by atoms with Crippen LogP contribution in [0, 0.1) is 12.8 Å². The van der Waals surface area contributed by atoms with E-state index in [-0.39, 0.29) is 17.9 Å². The summed E-state index contributed by atoms with van der Waals surface area (Å²) in [5.74, 6) is -0.150. The van der Waals surface area contributed by atoms with Crippen LogP contribution in [-0.4, -0.2) is 31.7 Å². The van der Waals surface area contributed by atoms with E-state index in [0.717, 1.165) is 31.4 Å². The second-order valence-corrected chi connectivity index (χ2v) is 6.37. The predicted molar refractivity (Wildman–Crippen MR) is 102 cm³/mol. The average molecular weight is 349 g/mol. The summed E-state index contributed by atoms with van der Waals surface area (Å²) in [6.45, 7) is 9.68. The number of nitrogens with one attached hydrogen (secondary N) is 3. The molecule has 0 saturated carbocycles. The van der Waals surface area contributed by atoms with Crippen LogP contribution < -0.4 is 16.0 Å². The molecule has 3 amide bonds. The standard InChI is InChI=1S/C19H31N3O3/c1-5-6-11-25-12-7-10-20-19(24)22-17-13-16(9-8-15(17)4)21-18(23)14(2)3/h8-9,13-14H,5-7,10-12H2,1-4H3,(H,21,23)(H2,20,22,24).